The van der Waals surface area contributed by atoms with Crippen molar-refractivity contribution in [2.24, 2.45) is 0 Å². The molecule has 2 N–H and O–H groups in total. The predicted molar refractivity (Wildman–Crippen MR) is 80.9 cm³/mol. The van der Waals surface area contributed by atoms with Crippen molar-refractivity contribution in [3.8, 4) is 0 Å². The van der Waals surface area contributed by atoms with Gasteiger partial charge < -0.3 is 10.6 Å². The summed E-state index contributed by atoms with van der Waals surface area (Å²) < 4.78 is 1.99. The minimum atomic E-state index is 0.762. The second-order valence-corrected chi connectivity index (χ2v) is 4.94. The van der Waals surface area contributed by atoms with Gasteiger partial charge in [-0.25, -0.2) is 4.68 Å². The zero-order valence-electron chi connectivity index (χ0n) is 12.1. The van der Waals surface area contributed by atoms with Crippen LogP contribution in [0.15, 0.2) is 24.3 Å². The number of anilines is 3. The van der Waals surface area contributed by atoms with Crippen LogP contribution in [0.5, 0.6) is 0 Å². The maximum Gasteiger partial charge on any atom is 0.154 e. The molecule has 1 aromatic heterocycles. The fourth-order valence-corrected chi connectivity index (χ4v) is 2.26. The first kappa shape index (κ1) is 13.5. The lowest BCUT2D eigenvalue weighted by Crippen LogP contribution is -2.16. The zero-order valence-corrected chi connectivity index (χ0v) is 12.1. The number of nitrogens with two attached hydrogens (primary N) is 1. The second kappa shape index (κ2) is 5.34. The lowest BCUT2D eigenvalue weighted by atomic mass is 10.2. The van der Waals surface area contributed by atoms with Crippen molar-refractivity contribution < 1.29 is 0 Å². The van der Waals surface area contributed by atoms with Crippen LogP contribution in [-0.2, 0) is 6.54 Å². The Balaban J connectivity index is 2.45. The number of aryl methyl sites for hydroxylation is 3. The van der Waals surface area contributed by atoms with E-state index < -0.39 is 0 Å². The third-order valence-corrected chi connectivity index (χ3v) is 3.29. The fraction of sp³-hybridized carbons (Fsp3) is 0.400. The predicted octanol–water partition coefficient (Wildman–Crippen LogP) is 3.26. The van der Waals surface area contributed by atoms with Crippen molar-refractivity contribution in [1.29, 1.82) is 0 Å². The van der Waals surface area contributed by atoms with Gasteiger partial charge >= 0.3 is 0 Å². The van der Waals surface area contributed by atoms with E-state index in [2.05, 4.69) is 48.1 Å². The smallest absolute Gasteiger partial charge is 0.154 e. The number of hydrogen-bond donors (Lipinski definition) is 1. The van der Waals surface area contributed by atoms with E-state index >= 15 is 0 Å². The van der Waals surface area contributed by atoms with Crippen molar-refractivity contribution in [2.75, 3.05) is 17.7 Å². The first-order valence-corrected chi connectivity index (χ1v) is 6.68. The molecule has 0 saturated heterocycles. The van der Waals surface area contributed by atoms with Crippen molar-refractivity contribution in [3.05, 3.63) is 35.5 Å². The fourth-order valence-electron chi connectivity index (χ4n) is 2.26. The van der Waals surface area contributed by atoms with Crippen LogP contribution in [0.25, 0.3) is 0 Å². The van der Waals surface area contributed by atoms with Gasteiger partial charge in [0.25, 0.3) is 0 Å². The molecule has 102 valence electrons. The van der Waals surface area contributed by atoms with E-state index in [4.69, 9.17) is 5.73 Å². The topological polar surface area (TPSA) is 47.1 Å². The Labute approximate surface area is 114 Å². The van der Waals surface area contributed by atoms with E-state index in [9.17, 15) is 0 Å². The van der Waals surface area contributed by atoms with Crippen molar-refractivity contribution in [3.63, 3.8) is 0 Å². The molecule has 0 aliphatic rings. The summed E-state index contributed by atoms with van der Waals surface area (Å²) in [4.78, 5) is 2.11. The molecule has 0 saturated carbocycles. The molecule has 0 bridgehead atoms. The van der Waals surface area contributed by atoms with Gasteiger partial charge in [-0.15, -0.1) is 0 Å². The van der Waals surface area contributed by atoms with Gasteiger partial charge in [-0.1, -0.05) is 19.1 Å². The van der Waals surface area contributed by atoms with Crippen LogP contribution < -0.4 is 10.6 Å². The number of hydrogen-bond acceptors (Lipinski definition) is 3. The van der Waals surface area contributed by atoms with Crippen LogP contribution in [-0.4, -0.2) is 16.8 Å². The first-order valence-electron chi connectivity index (χ1n) is 6.68. The normalized spacial score (nSPS) is 10.7. The van der Waals surface area contributed by atoms with Gasteiger partial charge in [-0.3, -0.25) is 0 Å². The molecule has 0 atom stereocenters. The molecule has 0 unspecified atom stereocenters. The quantitative estimate of drug-likeness (QED) is 0.915. The molecular weight excluding hydrogens is 236 g/mol. The van der Waals surface area contributed by atoms with Gasteiger partial charge in [0.2, 0.25) is 0 Å². The summed E-state index contributed by atoms with van der Waals surface area (Å²) in [5, 5.41) is 4.52. The molecule has 0 amide bonds. The summed E-state index contributed by atoms with van der Waals surface area (Å²) in [5.74, 6) is 0.977. The molecule has 0 spiro atoms. The first-order chi connectivity index (χ1) is 9.04. The Morgan fingerprint density at radius 2 is 2.05 bits per heavy atom. The SMILES string of the molecule is CCCn1nc(C)c(N)c1N(C)c1cccc(C)c1. The molecule has 1 aromatic carbocycles. The minimum absolute atomic E-state index is 0.762. The van der Waals surface area contributed by atoms with Crippen molar-refractivity contribution >= 4 is 17.2 Å². The van der Waals surface area contributed by atoms with Crippen LogP contribution in [0.1, 0.15) is 24.6 Å². The Bertz CT molecular complexity index is 572. The Kier molecular flexibility index (Phi) is 3.79. The summed E-state index contributed by atoms with van der Waals surface area (Å²) in [7, 11) is 2.04. The number of nitrogens with zero attached hydrogens (tertiary/aromatic N) is 3. The van der Waals surface area contributed by atoms with Gasteiger partial charge in [0, 0.05) is 19.3 Å². The Morgan fingerprint density at radius 3 is 2.68 bits per heavy atom. The lowest BCUT2D eigenvalue weighted by Gasteiger charge is -2.21. The van der Waals surface area contributed by atoms with Crippen LogP contribution in [0, 0.1) is 13.8 Å². The highest BCUT2D eigenvalue weighted by atomic mass is 15.4. The van der Waals surface area contributed by atoms with E-state index in [1.54, 1.807) is 0 Å². The summed E-state index contributed by atoms with van der Waals surface area (Å²) in [6, 6.07) is 8.39. The number of nitrogen functional groups attached to an aromatic ring is 1. The molecule has 2 aromatic rings. The van der Waals surface area contributed by atoms with Crippen molar-refractivity contribution in [1.82, 2.24) is 9.78 Å². The minimum Gasteiger partial charge on any atom is -0.394 e. The lowest BCUT2D eigenvalue weighted by molar-refractivity contribution is 0.599. The number of aromatic nitrogens is 2. The summed E-state index contributed by atoms with van der Waals surface area (Å²) in [6.07, 6.45) is 1.04. The maximum absolute atomic E-state index is 6.18. The molecule has 19 heavy (non-hydrogen) atoms. The average molecular weight is 258 g/mol. The third kappa shape index (κ3) is 2.57. The van der Waals surface area contributed by atoms with E-state index in [-0.39, 0.29) is 0 Å². The zero-order chi connectivity index (χ0) is 14.0. The van der Waals surface area contributed by atoms with Gasteiger partial charge in [0.05, 0.1) is 11.4 Å². The third-order valence-electron chi connectivity index (χ3n) is 3.29. The molecule has 4 nitrogen and oxygen atoms in total. The highest BCUT2D eigenvalue weighted by Crippen LogP contribution is 2.31. The van der Waals surface area contributed by atoms with E-state index in [1.165, 1.54) is 5.56 Å². The summed E-state index contributed by atoms with van der Waals surface area (Å²) in [6.45, 7) is 7.07. The Hall–Kier alpha value is -1.97. The average Bonchev–Trinajstić information content (AvgIpc) is 2.65. The molecule has 0 aliphatic heterocycles. The number of rotatable bonds is 4. The van der Waals surface area contributed by atoms with E-state index in [0.29, 0.717) is 0 Å². The Morgan fingerprint density at radius 1 is 1.32 bits per heavy atom. The second-order valence-electron chi connectivity index (χ2n) is 4.94. The summed E-state index contributed by atoms with van der Waals surface area (Å²) in [5.41, 5.74) is 10.2. The standard InChI is InChI=1S/C15H22N4/c1-5-9-19-15(14(16)12(3)17-19)18(4)13-8-6-7-11(2)10-13/h6-8,10H,5,9,16H2,1-4H3. The van der Waals surface area contributed by atoms with Gasteiger partial charge in [-0.2, -0.15) is 5.10 Å². The molecule has 4 heteroatoms. The maximum atomic E-state index is 6.18. The van der Waals surface area contributed by atoms with Gasteiger partial charge in [0.1, 0.15) is 0 Å². The molecular formula is C15H22N4. The highest BCUT2D eigenvalue weighted by Gasteiger charge is 2.17. The van der Waals surface area contributed by atoms with E-state index in [0.717, 1.165) is 35.9 Å². The summed E-state index contributed by atoms with van der Waals surface area (Å²) >= 11 is 0. The molecule has 0 aliphatic carbocycles. The van der Waals surface area contributed by atoms with Crippen molar-refractivity contribution in [2.45, 2.75) is 33.7 Å². The van der Waals surface area contributed by atoms with Crippen LogP contribution in [0.2, 0.25) is 0 Å². The molecule has 0 fully saturated rings. The largest absolute Gasteiger partial charge is 0.394 e. The van der Waals surface area contributed by atoms with Gasteiger partial charge in [0.15, 0.2) is 5.82 Å². The number of benzene rings is 1. The highest BCUT2D eigenvalue weighted by molar-refractivity contribution is 5.73. The molecule has 0 radical (unpaired) electrons. The van der Waals surface area contributed by atoms with Gasteiger partial charge in [-0.05, 0) is 38.0 Å². The molecule has 2 rings (SSSR count). The van der Waals surface area contributed by atoms with E-state index in [1.807, 2.05) is 18.7 Å². The monoisotopic (exact) mass is 258 g/mol. The van der Waals surface area contributed by atoms with Crippen LogP contribution in [0.4, 0.5) is 17.2 Å². The van der Waals surface area contributed by atoms with Crippen LogP contribution >= 0.6 is 0 Å². The van der Waals surface area contributed by atoms with Crippen LogP contribution in [0.3, 0.4) is 0 Å². The molecule has 1 heterocycles.